The van der Waals surface area contributed by atoms with E-state index in [4.69, 9.17) is 4.98 Å². The fraction of sp³-hybridized carbons (Fsp3) is 0. The maximum Gasteiger partial charge on any atom is 0.0715 e. The number of aromatic nitrogens is 2. The number of hydrogen-bond acceptors (Lipinski definition) is 2. The van der Waals surface area contributed by atoms with Gasteiger partial charge in [0.25, 0.3) is 0 Å². The normalized spacial score (nSPS) is 11.6. The van der Waals surface area contributed by atoms with Gasteiger partial charge >= 0.3 is 0 Å². The van der Waals surface area contributed by atoms with Crippen LogP contribution in [0.25, 0.3) is 87.5 Å². The van der Waals surface area contributed by atoms with Gasteiger partial charge in [0.15, 0.2) is 0 Å². The summed E-state index contributed by atoms with van der Waals surface area (Å²) in [6.07, 6.45) is 3.77. The first-order chi connectivity index (χ1) is 21.7. The van der Waals surface area contributed by atoms with Crippen LogP contribution in [0.4, 0.5) is 0 Å². The molecule has 0 aliphatic carbocycles. The molecular formula is C42H26N2. The number of pyridine rings is 2. The predicted octanol–water partition coefficient (Wildman–Crippen LogP) is 11.2. The van der Waals surface area contributed by atoms with Crippen LogP contribution in [0.5, 0.6) is 0 Å². The van der Waals surface area contributed by atoms with Crippen molar-refractivity contribution in [3.8, 4) is 33.6 Å². The van der Waals surface area contributed by atoms with E-state index in [1.807, 2.05) is 12.4 Å². The number of rotatable bonds is 3. The third-order valence-electron chi connectivity index (χ3n) is 8.80. The van der Waals surface area contributed by atoms with Crippen molar-refractivity contribution >= 4 is 53.9 Å². The first kappa shape index (κ1) is 24.7. The van der Waals surface area contributed by atoms with Crippen LogP contribution in [0.1, 0.15) is 0 Å². The van der Waals surface area contributed by atoms with Gasteiger partial charge in [-0.2, -0.15) is 0 Å². The Bertz CT molecular complexity index is 2430. The molecule has 9 aromatic rings. The first-order valence-electron chi connectivity index (χ1n) is 15.0. The molecular weight excluding hydrogens is 532 g/mol. The third-order valence-corrected chi connectivity index (χ3v) is 8.80. The zero-order valence-corrected chi connectivity index (χ0v) is 23.9. The van der Waals surface area contributed by atoms with Crippen LogP contribution in [0.2, 0.25) is 0 Å². The summed E-state index contributed by atoms with van der Waals surface area (Å²) in [4.78, 5) is 9.59. The molecule has 0 fully saturated rings. The second kappa shape index (κ2) is 9.86. The second-order valence-electron chi connectivity index (χ2n) is 11.6. The Kier molecular flexibility index (Phi) is 5.54. The smallest absolute Gasteiger partial charge is 0.0715 e. The minimum absolute atomic E-state index is 0.959. The van der Waals surface area contributed by atoms with Crippen molar-refractivity contribution in [3.63, 3.8) is 0 Å². The third kappa shape index (κ3) is 4.28. The average Bonchev–Trinajstić information content (AvgIpc) is 3.09. The summed E-state index contributed by atoms with van der Waals surface area (Å²) >= 11 is 0. The molecule has 0 amide bonds. The van der Waals surface area contributed by atoms with Gasteiger partial charge in [0.1, 0.15) is 0 Å². The largest absolute Gasteiger partial charge is 0.264 e. The maximum atomic E-state index is 5.29. The Hall–Kier alpha value is -5.86. The van der Waals surface area contributed by atoms with E-state index in [0.717, 1.165) is 39.0 Å². The number of fused-ring (bicyclic) bond motifs is 5. The fourth-order valence-electron chi connectivity index (χ4n) is 6.45. The summed E-state index contributed by atoms with van der Waals surface area (Å²) < 4.78 is 0. The molecule has 9 rings (SSSR count). The summed E-state index contributed by atoms with van der Waals surface area (Å²) in [5.41, 5.74) is 6.43. The van der Waals surface area contributed by atoms with Crippen molar-refractivity contribution in [2.75, 3.05) is 0 Å². The van der Waals surface area contributed by atoms with E-state index in [0.29, 0.717) is 0 Å². The molecule has 0 aliphatic heterocycles. The van der Waals surface area contributed by atoms with Crippen LogP contribution in [0.15, 0.2) is 158 Å². The summed E-state index contributed by atoms with van der Waals surface area (Å²) in [7, 11) is 0. The molecule has 0 radical (unpaired) electrons. The Labute approximate surface area is 254 Å². The first-order valence-corrected chi connectivity index (χ1v) is 15.0. The van der Waals surface area contributed by atoms with Crippen LogP contribution in [-0.2, 0) is 0 Å². The molecule has 2 heterocycles. The molecule has 0 N–H and O–H groups in total. The van der Waals surface area contributed by atoms with Gasteiger partial charge in [0, 0.05) is 28.9 Å². The van der Waals surface area contributed by atoms with Gasteiger partial charge in [-0.15, -0.1) is 0 Å². The van der Waals surface area contributed by atoms with Crippen molar-refractivity contribution in [2.45, 2.75) is 0 Å². The topological polar surface area (TPSA) is 25.8 Å². The van der Waals surface area contributed by atoms with Gasteiger partial charge in [-0.25, -0.2) is 4.98 Å². The Morgan fingerprint density at radius 2 is 0.727 bits per heavy atom. The Morgan fingerprint density at radius 3 is 1.30 bits per heavy atom. The van der Waals surface area contributed by atoms with Crippen LogP contribution >= 0.6 is 0 Å². The predicted molar refractivity (Wildman–Crippen MR) is 186 cm³/mol. The summed E-state index contributed by atoms with van der Waals surface area (Å²) in [5, 5.41) is 12.2. The SMILES string of the molecule is c1ccc2cc3cc(-c4cc(-c5ccc6cnccc6c5)cc(-c5ccc6cc7ccccc7cc6c5)n4)ccc3cc2c1. The molecule has 0 saturated carbocycles. The summed E-state index contributed by atoms with van der Waals surface area (Å²) in [5.74, 6) is 0. The van der Waals surface area contributed by atoms with Crippen LogP contribution in [0, 0.1) is 0 Å². The van der Waals surface area contributed by atoms with E-state index in [9.17, 15) is 0 Å². The maximum absolute atomic E-state index is 5.29. The number of nitrogens with zero attached hydrogens (tertiary/aromatic N) is 2. The minimum atomic E-state index is 0.959. The van der Waals surface area contributed by atoms with E-state index in [-0.39, 0.29) is 0 Å². The van der Waals surface area contributed by atoms with E-state index in [2.05, 4.69) is 151 Å². The highest BCUT2D eigenvalue weighted by molar-refractivity contribution is 6.01. The fourth-order valence-corrected chi connectivity index (χ4v) is 6.45. The lowest BCUT2D eigenvalue weighted by molar-refractivity contribution is 1.33. The molecule has 0 spiro atoms. The average molecular weight is 559 g/mol. The number of benzene rings is 7. The summed E-state index contributed by atoms with van der Waals surface area (Å²) in [6.45, 7) is 0. The lowest BCUT2D eigenvalue weighted by Gasteiger charge is -2.13. The molecule has 0 aliphatic rings. The highest BCUT2D eigenvalue weighted by Gasteiger charge is 2.12. The molecule has 44 heavy (non-hydrogen) atoms. The zero-order chi connectivity index (χ0) is 29.0. The van der Waals surface area contributed by atoms with Gasteiger partial charge in [0.2, 0.25) is 0 Å². The van der Waals surface area contributed by atoms with E-state index < -0.39 is 0 Å². The molecule has 204 valence electrons. The van der Waals surface area contributed by atoms with Crippen molar-refractivity contribution in [2.24, 2.45) is 0 Å². The standard InChI is InChI=1S/C42H26N2/c1-3-7-29-20-38-22-35(12-9-31(38)17-27(29)5-1)41-24-40(33-11-14-37-26-43-16-15-34(37)19-33)25-42(44-41)36-13-10-32-18-28-6-2-4-8-30(28)21-39(32)23-36/h1-26H. The van der Waals surface area contributed by atoms with Gasteiger partial charge in [-0.05, 0) is 120 Å². The lowest BCUT2D eigenvalue weighted by Crippen LogP contribution is -1.92. The summed E-state index contributed by atoms with van der Waals surface area (Å²) in [6, 6.07) is 52.7. The monoisotopic (exact) mass is 558 g/mol. The van der Waals surface area contributed by atoms with Crippen LogP contribution in [-0.4, -0.2) is 9.97 Å². The van der Waals surface area contributed by atoms with Crippen molar-refractivity contribution in [1.29, 1.82) is 0 Å². The molecule has 7 aromatic carbocycles. The van der Waals surface area contributed by atoms with Crippen LogP contribution in [0.3, 0.4) is 0 Å². The van der Waals surface area contributed by atoms with E-state index in [1.54, 1.807) is 0 Å². The molecule has 2 heteroatoms. The highest BCUT2D eigenvalue weighted by Crippen LogP contribution is 2.35. The molecule has 2 aromatic heterocycles. The minimum Gasteiger partial charge on any atom is -0.264 e. The van der Waals surface area contributed by atoms with Crippen molar-refractivity contribution < 1.29 is 0 Å². The van der Waals surface area contributed by atoms with Gasteiger partial charge in [-0.3, -0.25) is 4.98 Å². The second-order valence-corrected chi connectivity index (χ2v) is 11.6. The molecule has 0 unspecified atom stereocenters. The highest BCUT2D eigenvalue weighted by atomic mass is 14.7. The van der Waals surface area contributed by atoms with E-state index in [1.165, 1.54) is 48.5 Å². The van der Waals surface area contributed by atoms with Gasteiger partial charge in [-0.1, -0.05) is 84.9 Å². The van der Waals surface area contributed by atoms with Gasteiger partial charge in [0.05, 0.1) is 11.4 Å². The van der Waals surface area contributed by atoms with Crippen LogP contribution < -0.4 is 0 Å². The van der Waals surface area contributed by atoms with Crippen molar-refractivity contribution in [3.05, 3.63) is 158 Å². The molecule has 0 saturated heterocycles. The van der Waals surface area contributed by atoms with Gasteiger partial charge < -0.3 is 0 Å². The van der Waals surface area contributed by atoms with Crippen molar-refractivity contribution in [1.82, 2.24) is 9.97 Å². The Morgan fingerprint density at radius 1 is 0.295 bits per heavy atom. The quantitative estimate of drug-likeness (QED) is 0.202. The molecule has 0 atom stereocenters. The number of hydrogen-bond donors (Lipinski definition) is 0. The van der Waals surface area contributed by atoms with E-state index >= 15 is 0 Å². The zero-order valence-electron chi connectivity index (χ0n) is 23.9. The Balaban J connectivity index is 1.24. The molecule has 2 nitrogen and oxygen atoms in total. The molecule has 0 bridgehead atoms. The lowest BCUT2D eigenvalue weighted by atomic mass is 9.96.